The predicted octanol–water partition coefficient (Wildman–Crippen LogP) is 1.15. The first-order valence-electron chi connectivity index (χ1n) is 6.04. The summed E-state index contributed by atoms with van der Waals surface area (Å²) in [4.78, 5) is -0.280. The molecule has 6 nitrogen and oxygen atoms in total. The standard InChI is InChI=1S/C10H17F3N4O2S.ClH/c1-2-3-14-4-5-16-20(18,19)9-6-15-17(7-9)8-10(11,12)13;/h6-7,14,16H,2-5,8H2,1H3;1H. The molecule has 0 aliphatic rings. The van der Waals surface area contributed by atoms with Gasteiger partial charge in [0.2, 0.25) is 10.0 Å². The largest absolute Gasteiger partial charge is 0.408 e. The molecule has 0 spiro atoms. The van der Waals surface area contributed by atoms with E-state index in [0.29, 0.717) is 11.2 Å². The topological polar surface area (TPSA) is 76.0 Å². The number of halogens is 4. The molecule has 0 aliphatic carbocycles. The second kappa shape index (κ2) is 8.57. The molecule has 21 heavy (non-hydrogen) atoms. The minimum absolute atomic E-state index is 0. The van der Waals surface area contributed by atoms with Crippen LogP contribution in [0.2, 0.25) is 0 Å². The summed E-state index contributed by atoms with van der Waals surface area (Å²) >= 11 is 0. The lowest BCUT2D eigenvalue weighted by Gasteiger charge is -2.06. The van der Waals surface area contributed by atoms with Crippen molar-refractivity contribution in [2.45, 2.75) is 31.0 Å². The summed E-state index contributed by atoms with van der Waals surface area (Å²) in [5, 5.41) is 6.39. The molecule has 2 N–H and O–H groups in total. The van der Waals surface area contributed by atoms with Gasteiger partial charge in [-0.05, 0) is 13.0 Å². The summed E-state index contributed by atoms with van der Waals surface area (Å²) in [6.45, 7) is 2.04. The molecular weight excluding hydrogens is 333 g/mol. The number of sulfonamides is 1. The molecule has 0 atom stereocenters. The third-order valence-corrected chi connectivity index (χ3v) is 3.70. The van der Waals surface area contributed by atoms with Crippen molar-refractivity contribution >= 4 is 22.4 Å². The van der Waals surface area contributed by atoms with Crippen LogP contribution >= 0.6 is 12.4 Å². The predicted molar refractivity (Wildman–Crippen MR) is 73.9 cm³/mol. The van der Waals surface area contributed by atoms with Crippen LogP contribution in [0.25, 0.3) is 0 Å². The molecule has 0 unspecified atom stereocenters. The zero-order valence-corrected chi connectivity index (χ0v) is 13.0. The van der Waals surface area contributed by atoms with Crippen LogP contribution in [0.1, 0.15) is 13.3 Å². The van der Waals surface area contributed by atoms with Gasteiger partial charge in [0.25, 0.3) is 0 Å². The summed E-state index contributed by atoms with van der Waals surface area (Å²) in [6.07, 6.45) is -1.76. The molecule has 0 aliphatic heterocycles. The fourth-order valence-electron chi connectivity index (χ4n) is 1.41. The highest BCUT2D eigenvalue weighted by Crippen LogP contribution is 2.17. The fraction of sp³-hybridized carbons (Fsp3) is 0.700. The average Bonchev–Trinajstić information content (AvgIpc) is 2.75. The van der Waals surface area contributed by atoms with Crippen LogP contribution in [-0.4, -0.2) is 44.0 Å². The Morgan fingerprint density at radius 1 is 1.29 bits per heavy atom. The number of rotatable bonds is 8. The second-order valence-electron chi connectivity index (χ2n) is 4.14. The number of alkyl halides is 3. The lowest BCUT2D eigenvalue weighted by Crippen LogP contribution is -2.32. The molecule has 1 heterocycles. The molecule has 1 aromatic heterocycles. The van der Waals surface area contributed by atoms with Crippen molar-refractivity contribution in [2.75, 3.05) is 19.6 Å². The van der Waals surface area contributed by atoms with Crippen LogP contribution in [0.5, 0.6) is 0 Å². The Balaban J connectivity index is 0.00000400. The van der Waals surface area contributed by atoms with E-state index in [1.807, 2.05) is 6.92 Å². The van der Waals surface area contributed by atoms with Crippen LogP contribution in [0.3, 0.4) is 0 Å². The fourth-order valence-corrected chi connectivity index (χ4v) is 2.40. The molecule has 0 radical (unpaired) electrons. The van der Waals surface area contributed by atoms with E-state index in [2.05, 4.69) is 15.1 Å². The maximum absolute atomic E-state index is 12.1. The van der Waals surface area contributed by atoms with Crippen LogP contribution < -0.4 is 10.0 Å². The Labute approximate surface area is 127 Å². The van der Waals surface area contributed by atoms with Crippen LogP contribution in [0.4, 0.5) is 13.2 Å². The Kier molecular flexibility index (Phi) is 8.22. The van der Waals surface area contributed by atoms with Crippen LogP contribution in [0, 0.1) is 0 Å². The third kappa shape index (κ3) is 7.65. The van der Waals surface area contributed by atoms with Crippen molar-refractivity contribution < 1.29 is 21.6 Å². The van der Waals surface area contributed by atoms with Gasteiger partial charge in [0.05, 0.1) is 6.20 Å². The number of nitrogens with one attached hydrogen (secondary N) is 2. The van der Waals surface area contributed by atoms with Gasteiger partial charge in [-0.2, -0.15) is 18.3 Å². The van der Waals surface area contributed by atoms with Gasteiger partial charge in [-0.1, -0.05) is 6.92 Å². The summed E-state index contributed by atoms with van der Waals surface area (Å²) < 4.78 is 62.8. The van der Waals surface area contributed by atoms with E-state index in [4.69, 9.17) is 0 Å². The lowest BCUT2D eigenvalue weighted by atomic mass is 10.5. The maximum Gasteiger partial charge on any atom is 0.408 e. The molecule has 11 heteroatoms. The van der Waals surface area contributed by atoms with Gasteiger partial charge in [-0.25, -0.2) is 13.1 Å². The molecule has 124 valence electrons. The Bertz CT molecular complexity index is 519. The summed E-state index contributed by atoms with van der Waals surface area (Å²) in [5.74, 6) is 0. The van der Waals surface area contributed by atoms with Crippen LogP contribution in [0.15, 0.2) is 17.3 Å². The smallest absolute Gasteiger partial charge is 0.315 e. The van der Waals surface area contributed by atoms with Crippen molar-refractivity contribution in [1.29, 1.82) is 0 Å². The number of nitrogens with zero attached hydrogens (tertiary/aromatic N) is 2. The Morgan fingerprint density at radius 2 is 1.95 bits per heavy atom. The highest BCUT2D eigenvalue weighted by molar-refractivity contribution is 7.89. The molecule has 1 aromatic rings. The Hall–Kier alpha value is -0.840. The first-order valence-corrected chi connectivity index (χ1v) is 7.52. The normalized spacial score (nSPS) is 12.2. The molecule has 0 saturated carbocycles. The first-order chi connectivity index (χ1) is 9.24. The third-order valence-electron chi connectivity index (χ3n) is 2.28. The molecular formula is C10H18ClF3N4O2S. The quantitative estimate of drug-likeness (QED) is 0.689. The van der Waals surface area contributed by atoms with Crippen molar-refractivity contribution in [1.82, 2.24) is 19.8 Å². The van der Waals surface area contributed by atoms with Gasteiger partial charge in [-0.15, -0.1) is 12.4 Å². The van der Waals surface area contributed by atoms with Crippen molar-refractivity contribution in [3.05, 3.63) is 12.4 Å². The van der Waals surface area contributed by atoms with E-state index in [1.54, 1.807) is 0 Å². The van der Waals surface area contributed by atoms with E-state index in [1.165, 1.54) is 0 Å². The average molecular weight is 351 g/mol. The molecule has 0 fully saturated rings. The van der Waals surface area contributed by atoms with E-state index in [-0.39, 0.29) is 23.8 Å². The van der Waals surface area contributed by atoms with Gasteiger partial charge in [-0.3, -0.25) is 4.68 Å². The number of hydrogen-bond donors (Lipinski definition) is 2. The van der Waals surface area contributed by atoms with Crippen molar-refractivity contribution in [2.24, 2.45) is 0 Å². The minimum atomic E-state index is -4.44. The minimum Gasteiger partial charge on any atom is -0.315 e. The SMILES string of the molecule is CCCNCCNS(=O)(=O)c1cnn(CC(F)(F)F)c1.Cl. The number of aromatic nitrogens is 2. The van der Waals surface area contributed by atoms with E-state index in [9.17, 15) is 21.6 Å². The number of hydrogen-bond acceptors (Lipinski definition) is 4. The first kappa shape index (κ1) is 20.2. The molecule has 0 aromatic carbocycles. The Morgan fingerprint density at radius 3 is 2.52 bits per heavy atom. The summed E-state index contributed by atoms with van der Waals surface area (Å²) in [7, 11) is -3.82. The zero-order valence-electron chi connectivity index (χ0n) is 11.4. The van der Waals surface area contributed by atoms with E-state index < -0.39 is 22.7 Å². The molecule has 0 amide bonds. The summed E-state index contributed by atoms with van der Waals surface area (Å²) in [5.41, 5.74) is 0. The molecule has 0 bridgehead atoms. The van der Waals surface area contributed by atoms with Gasteiger partial charge in [0, 0.05) is 19.3 Å². The van der Waals surface area contributed by atoms with E-state index in [0.717, 1.165) is 25.4 Å². The van der Waals surface area contributed by atoms with Crippen molar-refractivity contribution in [3.8, 4) is 0 Å². The highest BCUT2D eigenvalue weighted by atomic mass is 35.5. The van der Waals surface area contributed by atoms with Gasteiger partial charge in [0.1, 0.15) is 11.4 Å². The van der Waals surface area contributed by atoms with Gasteiger partial charge >= 0.3 is 6.18 Å². The maximum atomic E-state index is 12.1. The van der Waals surface area contributed by atoms with Crippen LogP contribution in [-0.2, 0) is 16.6 Å². The lowest BCUT2D eigenvalue weighted by molar-refractivity contribution is -0.142. The summed E-state index contributed by atoms with van der Waals surface area (Å²) in [6, 6.07) is 0. The zero-order chi connectivity index (χ0) is 15.2. The highest BCUT2D eigenvalue weighted by Gasteiger charge is 2.29. The van der Waals surface area contributed by atoms with Gasteiger partial charge in [0.15, 0.2) is 0 Å². The van der Waals surface area contributed by atoms with Crippen molar-refractivity contribution in [3.63, 3.8) is 0 Å². The molecule has 0 saturated heterocycles. The van der Waals surface area contributed by atoms with E-state index >= 15 is 0 Å². The monoisotopic (exact) mass is 350 g/mol. The molecule has 1 rings (SSSR count). The second-order valence-corrected chi connectivity index (χ2v) is 5.90. The van der Waals surface area contributed by atoms with Gasteiger partial charge < -0.3 is 5.32 Å².